The van der Waals surface area contributed by atoms with Gasteiger partial charge in [-0.1, -0.05) is 30.3 Å². The average molecular weight is 254 g/mol. The van der Waals surface area contributed by atoms with Crippen molar-refractivity contribution < 1.29 is 9.18 Å². The molecule has 0 saturated heterocycles. The number of amidine groups is 1. The minimum Gasteiger partial charge on any atom is -0.383 e. The number of carbonyl (C=O) groups is 1. The summed E-state index contributed by atoms with van der Waals surface area (Å²) in [6.45, 7) is 0. The van der Waals surface area contributed by atoms with E-state index in [0.717, 1.165) is 5.56 Å². The van der Waals surface area contributed by atoms with Crippen molar-refractivity contribution in [1.82, 2.24) is 0 Å². The van der Waals surface area contributed by atoms with Gasteiger partial charge in [-0.3, -0.25) is 4.79 Å². The zero-order valence-corrected chi connectivity index (χ0v) is 10.1. The van der Waals surface area contributed by atoms with Crippen LogP contribution in [-0.2, 0) is 6.42 Å². The fourth-order valence-electron chi connectivity index (χ4n) is 2.30. The molecule has 1 amide bonds. The highest BCUT2D eigenvalue weighted by molar-refractivity contribution is 6.20. The number of nitrogens with two attached hydrogens (primary N) is 1. The van der Waals surface area contributed by atoms with Crippen molar-refractivity contribution in [3.8, 4) is 0 Å². The lowest BCUT2D eigenvalue weighted by atomic mass is 9.96. The third-order valence-electron chi connectivity index (χ3n) is 3.20. The number of amides is 1. The molecular formula is C15H11FN2O. The Hall–Kier alpha value is -2.49. The lowest BCUT2D eigenvalue weighted by Crippen LogP contribution is -2.13. The van der Waals surface area contributed by atoms with Crippen molar-refractivity contribution in [2.75, 3.05) is 0 Å². The molecule has 0 fully saturated rings. The van der Waals surface area contributed by atoms with Crippen LogP contribution >= 0.6 is 0 Å². The third-order valence-corrected chi connectivity index (χ3v) is 3.20. The molecule has 2 N–H and O–H groups in total. The van der Waals surface area contributed by atoms with E-state index in [2.05, 4.69) is 4.99 Å². The molecular weight excluding hydrogens is 243 g/mol. The first kappa shape index (κ1) is 11.6. The molecule has 19 heavy (non-hydrogen) atoms. The van der Waals surface area contributed by atoms with Gasteiger partial charge in [-0.05, 0) is 23.3 Å². The van der Waals surface area contributed by atoms with Gasteiger partial charge < -0.3 is 5.73 Å². The second-order valence-corrected chi connectivity index (χ2v) is 4.41. The van der Waals surface area contributed by atoms with E-state index in [1.54, 1.807) is 30.3 Å². The summed E-state index contributed by atoms with van der Waals surface area (Å²) >= 11 is 0. The van der Waals surface area contributed by atoms with Crippen molar-refractivity contribution in [3.05, 3.63) is 70.5 Å². The summed E-state index contributed by atoms with van der Waals surface area (Å²) in [4.78, 5) is 15.3. The van der Waals surface area contributed by atoms with Crippen LogP contribution in [0.2, 0.25) is 0 Å². The Morgan fingerprint density at radius 2 is 1.79 bits per heavy atom. The smallest absolute Gasteiger partial charge is 0.279 e. The average Bonchev–Trinajstić information content (AvgIpc) is 2.69. The van der Waals surface area contributed by atoms with E-state index >= 15 is 0 Å². The highest BCUT2D eigenvalue weighted by Gasteiger charge is 2.24. The maximum absolute atomic E-state index is 13.7. The minimum absolute atomic E-state index is 0.215. The lowest BCUT2D eigenvalue weighted by molar-refractivity contribution is 0.101. The van der Waals surface area contributed by atoms with E-state index < -0.39 is 0 Å². The third kappa shape index (κ3) is 1.91. The van der Waals surface area contributed by atoms with E-state index in [4.69, 9.17) is 5.73 Å². The van der Waals surface area contributed by atoms with Crippen molar-refractivity contribution in [1.29, 1.82) is 0 Å². The molecule has 0 saturated carbocycles. The van der Waals surface area contributed by atoms with Crippen LogP contribution in [0, 0.1) is 5.82 Å². The van der Waals surface area contributed by atoms with Gasteiger partial charge in [-0.2, -0.15) is 4.99 Å². The maximum Gasteiger partial charge on any atom is 0.279 e. The van der Waals surface area contributed by atoms with Crippen molar-refractivity contribution in [2.45, 2.75) is 6.42 Å². The molecule has 94 valence electrons. The molecule has 1 aliphatic heterocycles. The standard InChI is InChI=1S/C15H11FN2O/c16-12-7-2-1-4-9(12)8-10-5-3-6-11-13(10)14(17)18-15(11)19/h1-7H,8H2,(H2,17,18,19). The predicted molar refractivity (Wildman–Crippen MR) is 70.7 cm³/mol. The summed E-state index contributed by atoms with van der Waals surface area (Å²) in [5, 5.41) is 0. The first-order valence-electron chi connectivity index (χ1n) is 5.91. The number of hydrogen-bond donors (Lipinski definition) is 1. The van der Waals surface area contributed by atoms with Crippen LogP contribution < -0.4 is 5.73 Å². The number of carbonyl (C=O) groups excluding carboxylic acids is 1. The van der Waals surface area contributed by atoms with E-state index in [1.165, 1.54) is 6.07 Å². The number of benzene rings is 2. The van der Waals surface area contributed by atoms with E-state index in [-0.39, 0.29) is 17.6 Å². The zero-order valence-electron chi connectivity index (χ0n) is 10.1. The Morgan fingerprint density at radius 3 is 2.58 bits per heavy atom. The van der Waals surface area contributed by atoms with Crippen molar-refractivity contribution in [3.63, 3.8) is 0 Å². The van der Waals surface area contributed by atoms with Crippen LogP contribution in [-0.4, -0.2) is 11.7 Å². The van der Waals surface area contributed by atoms with Gasteiger partial charge in [0.2, 0.25) is 0 Å². The van der Waals surface area contributed by atoms with Gasteiger partial charge in [0.05, 0.1) is 5.56 Å². The molecule has 0 spiro atoms. The van der Waals surface area contributed by atoms with Gasteiger partial charge in [-0.25, -0.2) is 4.39 Å². The lowest BCUT2D eigenvalue weighted by Gasteiger charge is -2.08. The Morgan fingerprint density at radius 1 is 1.05 bits per heavy atom. The van der Waals surface area contributed by atoms with E-state index in [0.29, 0.717) is 23.1 Å². The Balaban J connectivity index is 2.07. The van der Waals surface area contributed by atoms with Crippen LogP contribution in [0.3, 0.4) is 0 Å². The van der Waals surface area contributed by atoms with Gasteiger partial charge >= 0.3 is 0 Å². The van der Waals surface area contributed by atoms with Crippen LogP contribution in [0.15, 0.2) is 47.5 Å². The van der Waals surface area contributed by atoms with Crippen molar-refractivity contribution in [2.24, 2.45) is 10.7 Å². The zero-order chi connectivity index (χ0) is 13.4. The van der Waals surface area contributed by atoms with Crippen LogP contribution in [0.25, 0.3) is 0 Å². The summed E-state index contributed by atoms with van der Waals surface area (Å²) in [6.07, 6.45) is 0.388. The molecule has 1 aliphatic rings. The number of halogens is 1. The van der Waals surface area contributed by atoms with Gasteiger partial charge in [0.15, 0.2) is 0 Å². The second-order valence-electron chi connectivity index (χ2n) is 4.41. The maximum atomic E-state index is 13.7. The minimum atomic E-state index is -0.331. The first-order chi connectivity index (χ1) is 9.16. The molecule has 2 aromatic carbocycles. The number of aliphatic imine (C=N–C) groups is 1. The van der Waals surface area contributed by atoms with Gasteiger partial charge in [0.1, 0.15) is 11.7 Å². The topological polar surface area (TPSA) is 55.4 Å². The normalized spacial score (nSPS) is 13.3. The second kappa shape index (κ2) is 4.31. The fraction of sp³-hybridized carbons (Fsp3) is 0.0667. The molecule has 1 heterocycles. The van der Waals surface area contributed by atoms with Gasteiger partial charge in [0, 0.05) is 12.0 Å². The first-order valence-corrected chi connectivity index (χ1v) is 5.91. The molecule has 3 nitrogen and oxygen atoms in total. The van der Waals surface area contributed by atoms with Gasteiger partial charge in [0.25, 0.3) is 5.91 Å². The molecule has 0 aromatic heterocycles. The summed E-state index contributed by atoms with van der Waals surface area (Å²) < 4.78 is 13.7. The molecule has 0 unspecified atom stereocenters. The fourth-order valence-corrected chi connectivity index (χ4v) is 2.30. The summed E-state index contributed by atoms with van der Waals surface area (Å²) in [7, 11) is 0. The molecule has 2 aromatic rings. The van der Waals surface area contributed by atoms with Crippen LogP contribution in [0.1, 0.15) is 27.0 Å². The number of fused-ring (bicyclic) bond motifs is 1. The molecule has 0 aliphatic carbocycles. The molecule has 0 radical (unpaired) electrons. The SMILES string of the molecule is NC1=NC(=O)c2cccc(Cc3ccccc3F)c21. The van der Waals surface area contributed by atoms with Gasteiger partial charge in [-0.15, -0.1) is 0 Å². The Kier molecular flexibility index (Phi) is 2.63. The van der Waals surface area contributed by atoms with E-state index in [9.17, 15) is 9.18 Å². The Labute approximate surface area is 109 Å². The number of hydrogen-bond acceptors (Lipinski definition) is 2. The summed E-state index contributed by atoms with van der Waals surface area (Å²) in [5.74, 6) is -0.380. The molecule has 0 atom stereocenters. The summed E-state index contributed by atoms with van der Waals surface area (Å²) in [5.41, 5.74) is 8.28. The Bertz CT molecular complexity index is 707. The number of rotatable bonds is 2. The van der Waals surface area contributed by atoms with Crippen molar-refractivity contribution >= 4 is 11.7 Å². The van der Waals surface area contributed by atoms with E-state index in [1.807, 2.05) is 6.07 Å². The highest BCUT2D eigenvalue weighted by atomic mass is 19.1. The largest absolute Gasteiger partial charge is 0.383 e. The predicted octanol–water partition coefficient (Wildman–Crippen LogP) is 2.28. The number of nitrogens with zero attached hydrogens (tertiary/aromatic N) is 1. The monoisotopic (exact) mass is 254 g/mol. The molecule has 0 bridgehead atoms. The quantitative estimate of drug-likeness (QED) is 0.893. The van der Waals surface area contributed by atoms with Crippen LogP contribution in [0.5, 0.6) is 0 Å². The highest BCUT2D eigenvalue weighted by Crippen LogP contribution is 2.24. The molecule has 4 heteroatoms. The molecule has 3 rings (SSSR count). The van der Waals surface area contributed by atoms with Crippen LogP contribution in [0.4, 0.5) is 4.39 Å². The summed E-state index contributed by atoms with van der Waals surface area (Å²) in [6, 6.07) is 11.9.